The minimum atomic E-state index is 0.532. The van der Waals surface area contributed by atoms with Gasteiger partial charge in [0.15, 0.2) is 0 Å². The van der Waals surface area contributed by atoms with Crippen molar-refractivity contribution in [2.75, 3.05) is 11.9 Å². The first-order valence-electron chi connectivity index (χ1n) is 5.75. The maximum absolute atomic E-state index is 5.68. The van der Waals surface area contributed by atoms with Gasteiger partial charge in [0, 0.05) is 24.8 Å². The number of nitrogens with two attached hydrogens (primary N) is 1. The van der Waals surface area contributed by atoms with Gasteiger partial charge in [-0.3, -0.25) is 0 Å². The number of anilines is 1. The van der Waals surface area contributed by atoms with Crippen LogP contribution in [0.15, 0.2) is 40.8 Å². The van der Waals surface area contributed by atoms with Crippen molar-refractivity contribution in [2.24, 2.45) is 5.73 Å². The highest BCUT2D eigenvalue weighted by Crippen LogP contribution is 2.18. The third kappa shape index (κ3) is 2.68. The normalized spacial score (nSPS) is 10.5. The van der Waals surface area contributed by atoms with E-state index in [9.17, 15) is 0 Å². The molecule has 0 atom stereocenters. The molecule has 0 amide bonds. The zero-order valence-corrected chi connectivity index (χ0v) is 10.3. The summed E-state index contributed by atoms with van der Waals surface area (Å²) in [6, 6.07) is 12.3. The molecule has 0 spiro atoms. The van der Waals surface area contributed by atoms with Crippen LogP contribution in [0.2, 0.25) is 0 Å². The molecule has 0 aliphatic rings. The molecule has 1 aromatic carbocycles. The summed E-state index contributed by atoms with van der Waals surface area (Å²) in [5.41, 5.74) is 7.89. The van der Waals surface area contributed by atoms with E-state index in [1.807, 2.05) is 31.2 Å². The highest BCUT2D eigenvalue weighted by molar-refractivity contribution is 5.45. The maximum Gasteiger partial charge on any atom is 0.123 e. The summed E-state index contributed by atoms with van der Waals surface area (Å²) in [6.07, 6.45) is 0. The monoisotopic (exact) mass is 230 g/mol. The number of furan rings is 1. The lowest BCUT2D eigenvalue weighted by Crippen LogP contribution is -2.15. The molecule has 0 aliphatic carbocycles. The van der Waals surface area contributed by atoms with Crippen LogP contribution in [-0.2, 0) is 13.1 Å². The summed E-state index contributed by atoms with van der Waals surface area (Å²) in [4.78, 5) is 2.15. The van der Waals surface area contributed by atoms with Gasteiger partial charge in [0.25, 0.3) is 0 Å². The lowest BCUT2D eigenvalue weighted by Gasteiger charge is -2.17. The topological polar surface area (TPSA) is 42.4 Å². The molecule has 1 aromatic heterocycles. The predicted molar refractivity (Wildman–Crippen MR) is 69.9 cm³/mol. The lowest BCUT2D eigenvalue weighted by atomic mass is 10.2. The van der Waals surface area contributed by atoms with Gasteiger partial charge in [-0.25, -0.2) is 0 Å². The van der Waals surface area contributed by atoms with Gasteiger partial charge >= 0.3 is 0 Å². The fourth-order valence-corrected chi connectivity index (χ4v) is 1.88. The van der Waals surface area contributed by atoms with Crippen molar-refractivity contribution in [1.29, 1.82) is 0 Å². The second-order valence-electron chi connectivity index (χ2n) is 4.19. The van der Waals surface area contributed by atoms with Crippen LogP contribution in [-0.4, -0.2) is 7.05 Å². The van der Waals surface area contributed by atoms with Crippen LogP contribution < -0.4 is 10.6 Å². The summed E-state index contributed by atoms with van der Waals surface area (Å²) in [6.45, 7) is 3.24. The van der Waals surface area contributed by atoms with Crippen LogP contribution in [0.1, 0.15) is 17.1 Å². The summed E-state index contributed by atoms with van der Waals surface area (Å²) >= 11 is 0. The second-order valence-corrected chi connectivity index (χ2v) is 4.19. The maximum atomic E-state index is 5.68. The van der Waals surface area contributed by atoms with Crippen molar-refractivity contribution in [3.05, 3.63) is 53.5 Å². The molecule has 2 aromatic rings. The van der Waals surface area contributed by atoms with E-state index >= 15 is 0 Å². The summed E-state index contributed by atoms with van der Waals surface area (Å²) < 4.78 is 5.68. The van der Waals surface area contributed by atoms with Crippen molar-refractivity contribution >= 4 is 5.69 Å². The van der Waals surface area contributed by atoms with Gasteiger partial charge in [-0.1, -0.05) is 18.2 Å². The number of benzene rings is 1. The molecule has 0 aliphatic heterocycles. The molecule has 1 heterocycles. The number of nitrogens with zero attached hydrogens (tertiary/aromatic N) is 1. The van der Waals surface area contributed by atoms with Crippen molar-refractivity contribution < 1.29 is 4.42 Å². The zero-order valence-electron chi connectivity index (χ0n) is 10.3. The third-order valence-electron chi connectivity index (χ3n) is 2.88. The summed E-state index contributed by atoms with van der Waals surface area (Å²) in [5.74, 6) is 1.87. The van der Waals surface area contributed by atoms with Crippen LogP contribution in [0.25, 0.3) is 0 Å². The molecule has 0 saturated carbocycles. The molecule has 0 saturated heterocycles. The van der Waals surface area contributed by atoms with Crippen LogP contribution in [0, 0.1) is 6.92 Å². The Kier molecular flexibility index (Phi) is 3.49. The van der Waals surface area contributed by atoms with Crippen molar-refractivity contribution in [1.82, 2.24) is 0 Å². The van der Waals surface area contributed by atoms with Crippen LogP contribution in [0.4, 0.5) is 5.69 Å². The molecule has 2 rings (SSSR count). The summed E-state index contributed by atoms with van der Waals surface area (Å²) in [5, 5.41) is 0. The molecular weight excluding hydrogens is 212 g/mol. The van der Waals surface area contributed by atoms with E-state index in [1.165, 1.54) is 5.69 Å². The van der Waals surface area contributed by atoms with Gasteiger partial charge in [-0.2, -0.15) is 0 Å². The van der Waals surface area contributed by atoms with Gasteiger partial charge in [-0.05, 0) is 25.1 Å². The highest BCUT2D eigenvalue weighted by Gasteiger charge is 2.08. The van der Waals surface area contributed by atoms with Crippen LogP contribution in [0.3, 0.4) is 0 Å². The van der Waals surface area contributed by atoms with E-state index in [1.54, 1.807) is 0 Å². The number of hydrogen-bond donors (Lipinski definition) is 1. The van der Waals surface area contributed by atoms with E-state index in [4.69, 9.17) is 10.2 Å². The van der Waals surface area contributed by atoms with E-state index in [0.717, 1.165) is 23.6 Å². The fourth-order valence-electron chi connectivity index (χ4n) is 1.88. The minimum Gasteiger partial charge on any atom is -0.464 e. The van der Waals surface area contributed by atoms with Gasteiger partial charge in [0.1, 0.15) is 11.5 Å². The van der Waals surface area contributed by atoms with Crippen LogP contribution in [0.5, 0.6) is 0 Å². The van der Waals surface area contributed by atoms with Gasteiger partial charge in [0.2, 0.25) is 0 Å². The summed E-state index contributed by atoms with van der Waals surface area (Å²) in [7, 11) is 2.05. The quantitative estimate of drug-likeness (QED) is 0.878. The van der Waals surface area contributed by atoms with Crippen molar-refractivity contribution in [2.45, 2.75) is 20.0 Å². The molecule has 0 bridgehead atoms. The first-order valence-corrected chi connectivity index (χ1v) is 5.75. The molecule has 3 heteroatoms. The number of para-hydroxylation sites is 1. The van der Waals surface area contributed by atoms with Crippen molar-refractivity contribution in [3.8, 4) is 0 Å². The molecule has 2 N–H and O–H groups in total. The van der Waals surface area contributed by atoms with E-state index in [2.05, 4.69) is 24.1 Å². The predicted octanol–water partition coefficient (Wildman–Crippen LogP) is 2.68. The lowest BCUT2D eigenvalue weighted by molar-refractivity contribution is 0.479. The Morgan fingerprint density at radius 3 is 2.53 bits per heavy atom. The van der Waals surface area contributed by atoms with Crippen molar-refractivity contribution in [3.63, 3.8) is 0 Å². The Labute approximate surface area is 102 Å². The van der Waals surface area contributed by atoms with E-state index < -0.39 is 0 Å². The Balaban J connectivity index is 2.10. The Hall–Kier alpha value is -1.74. The largest absolute Gasteiger partial charge is 0.464 e. The first-order chi connectivity index (χ1) is 8.20. The van der Waals surface area contributed by atoms with Crippen LogP contribution >= 0.6 is 0 Å². The molecule has 0 fully saturated rings. The average Bonchev–Trinajstić information content (AvgIpc) is 2.70. The molecule has 0 radical (unpaired) electrons. The van der Waals surface area contributed by atoms with Gasteiger partial charge < -0.3 is 15.1 Å². The smallest absolute Gasteiger partial charge is 0.123 e. The minimum absolute atomic E-state index is 0.532. The second kappa shape index (κ2) is 5.06. The first kappa shape index (κ1) is 11.7. The third-order valence-corrected chi connectivity index (χ3v) is 2.88. The molecule has 90 valence electrons. The molecule has 0 unspecified atom stereocenters. The zero-order chi connectivity index (χ0) is 12.3. The van der Waals surface area contributed by atoms with Gasteiger partial charge in [0.05, 0.1) is 6.54 Å². The Morgan fingerprint density at radius 2 is 1.94 bits per heavy atom. The standard InChI is InChI=1S/C14H18N2O/c1-11-12(9-15)8-14(17-11)10-16(2)13-6-4-3-5-7-13/h3-8H,9-10,15H2,1-2H3. The highest BCUT2D eigenvalue weighted by atomic mass is 16.3. The number of hydrogen-bond acceptors (Lipinski definition) is 3. The Bertz CT molecular complexity index is 476. The van der Waals surface area contributed by atoms with Gasteiger partial charge in [-0.15, -0.1) is 0 Å². The molecule has 17 heavy (non-hydrogen) atoms. The average molecular weight is 230 g/mol. The fraction of sp³-hybridized carbons (Fsp3) is 0.286. The SMILES string of the molecule is Cc1oc(CN(C)c2ccccc2)cc1CN. The molecular formula is C14H18N2O. The Morgan fingerprint density at radius 1 is 1.24 bits per heavy atom. The number of aryl methyl sites for hydroxylation is 1. The van der Waals surface area contributed by atoms with E-state index in [-0.39, 0.29) is 0 Å². The van der Waals surface area contributed by atoms with E-state index in [0.29, 0.717) is 6.54 Å². The molecule has 3 nitrogen and oxygen atoms in total. The number of rotatable bonds is 4.